The molecule has 0 aromatic heterocycles. The molecule has 1 saturated carbocycles. The van der Waals surface area contributed by atoms with E-state index in [4.69, 9.17) is 4.74 Å². The number of carboxylic acid groups (broad SMARTS) is 1. The number of aliphatic carboxylic acids is 1. The molecular formula is C27H32N2O5. The second kappa shape index (κ2) is 10.3. The molecule has 7 nitrogen and oxygen atoms in total. The minimum atomic E-state index is -1.02. The fourth-order valence-electron chi connectivity index (χ4n) is 4.85. The molecule has 0 aliphatic heterocycles. The molecule has 34 heavy (non-hydrogen) atoms. The maximum atomic E-state index is 13.1. The molecule has 0 saturated heterocycles. The number of amides is 2. The number of rotatable bonds is 10. The van der Waals surface area contributed by atoms with E-state index in [9.17, 15) is 19.5 Å². The lowest BCUT2D eigenvalue weighted by Gasteiger charge is -2.27. The van der Waals surface area contributed by atoms with Gasteiger partial charge in [0.15, 0.2) is 0 Å². The Labute approximate surface area is 200 Å². The van der Waals surface area contributed by atoms with E-state index in [-0.39, 0.29) is 43.5 Å². The summed E-state index contributed by atoms with van der Waals surface area (Å²) >= 11 is 0. The number of carboxylic acids is 1. The molecule has 180 valence electrons. The Bertz CT molecular complexity index is 1020. The van der Waals surface area contributed by atoms with E-state index in [1.165, 1.54) is 4.90 Å². The molecule has 0 heterocycles. The Kier molecular flexibility index (Phi) is 7.20. The number of hydrogen-bond donors (Lipinski definition) is 2. The molecule has 4 rings (SSSR count). The first kappa shape index (κ1) is 23.8. The molecule has 2 N–H and O–H groups in total. The number of carbonyl (C=O) groups is 3. The summed E-state index contributed by atoms with van der Waals surface area (Å²) in [4.78, 5) is 38.4. The van der Waals surface area contributed by atoms with Crippen molar-refractivity contribution in [2.24, 2.45) is 11.8 Å². The minimum Gasteiger partial charge on any atom is -0.480 e. The maximum absolute atomic E-state index is 13.1. The minimum absolute atomic E-state index is 0.00674. The Hall–Kier alpha value is -3.35. The summed E-state index contributed by atoms with van der Waals surface area (Å²) < 4.78 is 5.59. The summed E-state index contributed by atoms with van der Waals surface area (Å²) in [6.45, 7) is 4.04. The van der Waals surface area contributed by atoms with Crippen LogP contribution in [0.3, 0.4) is 0 Å². The van der Waals surface area contributed by atoms with Gasteiger partial charge in [-0.05, 0) is 47.4 Å². The van der Waals surface area contributed by atoms with Crippen LogP contribution in [0.4, 0.5) is 4.79 Å². The van der Waals surface area contributed by atoms with Crippen LogP contribution in [0.5, 0.6) is 0 Å². The number of fused-ring (bicyclic) bond motifs is 3. The zero-order valence-corrected chi connectivity index (χ0v) is 19.7. The average Bonchev–Trinajstić information content (AvgIpc) is 3.60. The van der Waals surface area contributed by atoms with Crippen molar-refractivity contribution in [1.29, 1.82) is 0 Å². The van der Waals surface area contributed by atoms with Crippen LogP contribution in [-0.2, 0) is 14.3 Å². The molecular weight excluding hydrogens is 432 g/mol. The summed E-state index contributed by atoms with van der Waals surface area (Å²) in [5.41, 5.74) is 4.60. The fraction of sp³-hybridized carbons (Fsp3) is 0.444. The van der Waals surface area contributed by atoms with E-state index in [0.29, 0.717) is 6.42 Å². The molecule has 2 aromatic carbocycles. The monoisotopic (exact) mass is 464 g/mol. The molecule has 2 aliphatic carbocycles. The van der Waals surface area contributed by atoms with Gasteiger partial charge in [0.25, 0.3) is 0 Å². The topological polar surface area (TPSA) is 95.9 Å². The molecule has 2 aromatic rings. The molecule has 1 unspecified atom stereocenters. The van der Waals surface area contributed by atoms with E-state index in [1.807, 2.05) is 38.1 Å². The molecule has 2 aliphatic rings. The van der Waals surface area contributed by atoms with Crippen molar-refractivity contribution in [2.45, 2.75) is 45.1 Å². The lowest BCUT2D eigenvalue weighted by Crippen LogP contribution is -2.45. The van der Waals surface area contributed by atoms with Gasteiger partial charge >= 0.3 is 12.1 Å². The number of nitrogens with one attached hydrogen (secondary N) is 1. The summed E-state index contributed by atoms with van der Waals surface area (Å²) in [6.07, 6.45) is 1.64. The van der Waals surface area contributed by atoms with Crippen LogP contribution in [0.1, 0.15) is 50.2 Å². The van der Waals surface area contributed by atoms with Crippen molar-refractivity contribution >= 4 is 18.0 Å². The Balaban J connectivity index is 1.37. The van der Waals surface area contributed by atoms with Crippen molar-refractivity contribution in [3.8, 4) is 11.1 Å². The van der Waals surface area contributed by atoms with Crippen LogP contribution in [0.25, 0.3) is 11.1 Å². The summed E-state index contributed by atoms with van der Waals surface area (Å²) in [5, 5.41) is 12.0. The van der Waals surface area contributed by atoms with Crippen LogP contribution >= 0.6 is 0 Å². The van der Waals surface area contributed by atoms with Gasteiger partial charge < -0.3 is 20.1 Å². The van der Waals surface area contributed by atoms with Crippen molar-refractivity contribution in [3.63, 3.8) is 0 Å². The zero-order valence-electron chi connectivity index (χ0n) is 19.7. The lowest BCUT2D eigenvalue weighted by molar-refractivity contribution is -0.147. The van der Waals surface area contributed by atoms with Gasteiger partial charge in [0.1, 0.15) is 13.2 Å². The first-order valence-corrected chi connectivity index (χ1v) is 12.0. The van der Waals surface area contributed by atoms with Crippen molar-refractivity contribution in [1.82, 2.24) is 10.2 Å². The van der Waals surface area contributed by atoms with Gasteiger partial charge in [-0.2, -0.15) is 0 Å². The number of nitrogens with zero attached hydrogens (tertiary/aromatic N) is 1. The van der Waals surface area contributed by atoms with E-state index in [2.05, 4.69) is 29.6 Å². The Morgan fingerprint density at radius 1 is 1.03 bits per heavy atom. The highest BCUT2D eigenvalue weighted by molar-refractivity contribution is 5.84. The van der Waals surface area contributed by atoms with Gasteiger partial charge in [0.05, 0.1) is 5.92 Å². The third-order valence-corrected chi connectivity index (χ3v) is 6.52. The molecule has 0 radical (unpaired) electrons. The predicted molar refractivity (Wildman–Crippen MR) is 128 cm³/mol. The van der Waals surface area contributed by atoms with Crippen LogP contribution in [0, 0.1) is 11.8 Å². The smallest absolute Gasteiger partial charge is 0.407 e. The van der Waals surface area contributed by atoms with Gasteiger partial charge in [-0.1, -0.05) is 62.4 Å². The molecule has 1 fully saturated rings. The highest BCUT2D eigenvalue weighted by atomic mass is 16.5. The third kappa shape index (κ3) is 5.41. The lowest BCUT2D eigenvalue weighted by atomic mass is 9.95. The summed E-state index contributed by atoms with van der Waals surface area (Å²) in [6, 6.07) is 16.3. The van der Waals surface area contributed by atoms with E-state index in [0.717, 1.165) is 35.1 Å². The predicted octanol–water partition coefficient (Wildman–Crippen LogP) is 4.26. The fourth-order valence-corrected chi connectivity index (χ4v) is 4.85. The molecule has 7 heteroatoms. The van der Waals surface area contributed by atoms with Crippen LogP contribution < -0.4 is 5.32 Å². The van der Waals surface area contributed by atoms with Crippen LogP contribution in [0.15, 0.2) is 48.5 Å². The normalized spacial score (nSPS) is 15.4. The highest BCUT2D eigenvalue weighted by Gasteiger charge is 2.37. The number of ether oxygens (including phenoxy) is 1. The second-order valence-electron chi connectivity index (χ2n) is 9.62. The van der Waals surface area contributed by atoms with Crippen molar-refractivity contribution in [3.05, 3.63) is 59.7 Å². The largest absolute Gasteiger partial charge is 0.480 e. The van der Waals surface area contributed by atoms with Gasteiger partial charge in [-0.3, -0.25) is 9.59 Å². The van der Waals surface area contributed by atoms with Crippen LogP contribution in [-0.4, -0.2) is 53.7 Å². The number of carbonyl (C=O) groups excluding carboxylic acids is 2. The van der Waals surface area contributed by atoms with Gasteiger partial charge in [-0.25, -0.2) is 4.79 Å². The van der Waals surface area contributed by atoms with Gasteiger partial charge in [0, 0.05) is 18.5 Å². The quantitative estimate of drug-likeness (QED) is 0.548. The maximum Gasteiger partial charge on any atom is 0.407 e. The molecule has 0 spiro atoms. The number of alkyl carbamates (subject to hydrolysis) is 1. The van der Waals surface area contributed by atoms with E-state index >= 15 is 0 Å². The Morgan fingerprint density at radius 3 is 2.15 bits per heavy atom. The first-order valence-electron chi connectivity index (χ1n) is 12.0. The molecule has 0 bridgehead atoms. The number of hydrogen-bond acceptors (Lipinski definition) is 4. The Morgan fingerprint density at radius 2 is 1.62 bits per heavy atom. The molecule has 1 atom stereocenters. The first-order chi connectivity index (χ1) is 16.3. The average molecular weight is 465 g/mol. The van der Waals surface area contributed by atoms with Crippen LogP contribution in [0.2, 0.25) is 0 Å². The highest BCUT2D eigenvalue weighted by Crippen LogP contribution is 2.44. The van der Waals surface area contributed by atoms with Crippen molar-refractivity contribution < 1.29 is 24.2 Å². The van der Waals surface area contributed by atoms with E-state index in [1.54, 1.807) is 0 Å². The molecule has 2 amide bonds. The van der Waals surface area contributed by atoms with Crippen molar-refractivity contribution in [2.75, 3.05) is 19.7 Å². The van der Waals surface area contributed by atoms with Gasteiger partial charge in [-0.15, -0.1) is 0 Å². The standard InChI is InChI=1S/C27H32N2O5/c1-17(2)13-18(26(32)29(15-25(30)31)19-11-12-19)14-28-27(33)34-16-24-22-9-5-3-7-20(22)21-8-4-6-10-23(21)24/h3-10,17-19,24H,11-16H2,1-2H3,(H,28,33)(H,30,31). The van der Waals surface area contributed by atoms with E-state index < -0.39 is 18.0 Å². The second-order valence-corrected chi connectivity index (χ2v) is 9.62. The van der Waals surface area contributed by atoms with Gasteiger partial charge in [0.2, 0.25) is 5.91 Å². The third-order valence-electron chi connectivity index (χ3n) is 6.52. The zero-order chi connectivity index (χ0) is 24.2. The number of benzene rings is 2. The SMILES string of the molecule is CC(C)CC(CNC(=O)OCC1c2ccccc2-c2ccccc21)C(=O)N(CC(=O)O)C1CC1. The summed E-state index contributed by atoms with van der Waals surface area (Å²) in [7, 11) is 0. The summed E-state index contributed by atoms with van der Waals surface area (Å²) in [5.74, 6) is -1.53.